The maximum absolute atomic E-state index is 13.2. The summed E-state index contributed by atoms with van der Waals surface area (Å²) in [5.41, 5.74) is 3.22. The van der Waals surface area contributed by atoms with Crippen LogP contribution in [0, 0.1) is 0 Å². The highest BCUT2D eigenvalue weighted by Gasteiger charge is 2.26. The SMILES string of the molecule is CCCCc1nc(Cl)c(C(=O)OC(C)OC(=O)OCC)n1Cc1ccc(-c2ccccc2-c2nnn(C(=O)CCCCON(O)O)n2)cc1. The average Bonchev–Trinajstić information content (AvgIpc) is 3.68. The number of rotatable bonds is 17. The number of carbonyl (C=O) groups excluding carboxylic acids is 3. The molecule has 0 bridgehead atoms. The van der Waals surface area contributed by atoms with E-state index in [0.717, 1.165) is 34.3 Å². The molecule has 0 saturated carbocycles. The van der Waals surface area contributed by atoms with Gasteiger partial charge in [-0.1, -0.05) is 78.3 Å². The number of nitrogens with zero attached hydrogens (tertiary/aromatic N) is 7. The summed E-state index contributed by atoms with van der Waals surface area (Å²) in [6, 6.07) is 15.1. The molecule has 0 aliphatic carbocycles. The van der Waals surface area contributed by atoms with Crippen molar-refractivity contribution in [1.29, 1.82) is 0 Å². The molecule has 1 unspecified atom stereocenters. The van der Waals surface area contributed by atoms with Crippen molar-refractivity contribution in [2.24, 2.45) is 0 Å². The number of tetrazole rings is 1. The summed E-state index contributed by atoms with van der Waals surface area (Å²) in [4.78, 5) is 47.3. The monoisotopic (exact) mass is 699 g/mol. The number of aromatic nitrogens is 6. The Hall–Kier alpha value is -4.74. The third-order valence-electron chi connectivity index (χ3n) is 7.15. The Labute approximate surface area is 287 Å². The largest absolute Gasteiger partial charge is 0.511 e. The molecule has 4 rings (SSSR count). The Morgan fingerprint density at radius 1 is 0.980 bits per heavy atom. The van der Waals surface area contributed by atoms with E-state index >= 15 is 0 Å². The summed E-state index contributed by atoms with van der Waals surface area (Å²) < 4.78 is 16.8. The lowest BCUT2D eigenvalue weighted by molar-refractivity contribution is -0.492. The van der Waals surface area contributed by atoms with E-state index < -0.39 is 18.4 Å². The Morgan fingerprint density at radius 2 is 1.71 bits per heavy atom. The van der Waals surface area contributed by atoms with Crippen LogP contribution < -0.4 is 0 Å². The van der Waals surface area contributed by atoms with Gasteiger partial charge >= 0.3 is 12.1 Å². The molecule has 2 heterocycles. The van der Waals surface area contributed by atoms with Crippen LogP contribution in [0.1, 0.15) is 79.5 Å². The van der Waals surface area contributed by atoms with Gasteiger partial charge in [0.15, 0.2) is 10.8 Å². The maximum Gasteiger partial charge on any atom is 0.511 e. The van der Waals surface area contributed by atoms with Gasteiger partial charge in [-0.3, -0.25) is 20.0 Å². The molecule has 17 heteroatoms. The van der Waals surface area contributed by atoms with Gasteiger partial charge in [-0.2, -0.15) is 0 Å². The molecule has 0 amide bonds. The first kappa shape index (κ1) is 37.1. The highest BCUT2D eigenvalue weighted by molar-refractivity contribution is 6.32. The Balaban J connectivity index is 1.51. The minimum Gasteiger partial charge on any atom is -0.435 e. The second-order valence-electron chi connectivity index (χ2n) is 10.7. The fraction of sp³-hybridized carbons (Fsp3) is 0.406. The third kappa shape index (κ3) is 10.4. The summed E-state index contributed by atoms with van der Waals surface area (Å²) in [7, 11) is 0. The first-order chi connectivity index (χ1) is 23.6. The standard InChI is InChI=1S/C32H38ClN7O9/c1-4-6-13-26-34-29(33)28(31(42)48-21(3)49-32(43)46-5-2)38(26)20-22-15-17-23(18-16-22)24-11-7-8-12-25(24)30-35-37-39(36-30)27(41)14-9-10-19-47-40(44)45/h7-8,11-12,15-18,21,44-45H,4-6,9-10,13-14,19-20H2,1-3H3. The molecular formula is C32H38ClN7O9. The van der Waals surface area contributed by atoms with Gasteiger partial charge in [-0.15, -0.1) is 10.2 Å². The van der Waals surface area contributed by atoms with E-state index in [1.807, 2.05) is 55.5 Å². The van der Waals surface area contributed by atoms with Gasteiger partial charge in [0.25, 0.3) is 5.91 Å². The lowest BCUT2D eigenvalue weighted by Crippen LogP contribution is -2.24. The van der Waals surface area contributed by atoms with Gasteiger partial charge in [0.1, 0.15) is 5.82 Å². The van der Waals surface area contributed by atoms with Crippen molar-refractivity contribution in [3.8, 4) is 22.5 Å². The number of unbranched alkanes of at least 4 members (excludes halogenated alkanes) is 2. The first-order valence-electron chi connectivity index (χ1n) is 15.7. The summed E-state index contributed by atoms with van der Waals surface area (Å²) in [6.07, 6.45) is 1.09. The van der Waals surface area contributed by atoms with Gasteiger partial charge in [0.05, 0.1) is 18.6 Å². The number of esters is 1. The smallest absolute Gasteiger partial charge is 0.435 e. The zero-order valence-electron chi connectivity index (χ0n) is 27.3. The van der Waals surface area contributed by atoms with E-state index in [9.17, 15) is 14.4 Å². The van der Waals surface area contributed by atoms with Crippen LogP contribution in [0.2, 0.25) is 5.15 Å². The maximum atomic E-state index is 13.2. The van der Waals surface area contributed by atoms with Crippen LogP contribution in [-0.2, 0) is 32.0 Å². The molecule has 4 aromatic rings. The number of hydrogen-bond donors (Lipinski definition) is 2. The van der Waals surface area contributed by atoms with E-state index in [1.54, 1.807) is 11.5 Å². The number of halogens is 1. The van der Waals surface area contributed by atoms with Crippen molar-refractivity contribution >= 4 is 29.6 Å². The number of imidazole rings is 1. The van der Waals surface area contributed by atoms with Gasteiger partial charge in [-0.05, 0) is 48.1 Å². The van der Waals surface area contributed by atoms with E-state index in [4.69, 9.17) is 36.2 Å². The third-order valence-corrected chi connectivity index (χ3v) is 7.41. The minimum absolute atomic E-state index is 0.0160. The normalized spacial score (nSPS) is 11.8. The number of carbonyl (C=O) groups is 3. The highest BCUT2D eigenvalue weighted by atomic mass is 35.5. The predicted molar refractivity (Wildman–Crippen MR) is 172 cm³/mol. The van der Waals surface area contributed by atoms with Crippen molar-refractivity contribution in [2.45, 2.75) is 72.1 Å². The molecule has 2 N–H and O–H groups in total. The van der Waals surface area contributed by atoms with Gasteiger partial charge < -0.3 is 18.8 Å². The molecule has 2 aromatic carbocycles. The molecule has 16 nitrogen and oxygen atoms in total. The Bertz CT molecular complexity index is 1710. The average molecular weight is 700 g/mol. The van der Waals surface area contributed by atoms with E-state index in [2.05, 4.69) is 25.2 Å². The molecule has 262 valence electrons. The Morgan fingerprint density at radius 3 is 2.41 bits per heavy atom. The van der Waals surface area contributed by atoms with Crippen molar-refractivity contribution < 1.29 is 43.8 Å². The van der Waals surface area contributed by atoms with Crippen molar-refractivity contribution in [3.63, 3.8) is 0 Å². The molecule has 1 atom stereocenters. The molecule has 0 fully saturated rings. The van der Waals surface area contributed by atoms with E-state index in [1.165, 1.54) is 6.92 Å². The highest BCUT2D eigenvalue weighted by Crippen LogP contribution is 2.30. The Kier molecular flexibility index (Phi) is 13.7. The summed E-state index contributed by atoms with van der Waals surface area (Å²) in [5, 5.41) is 29.1. The fourth-order valence-corrected chi connectivity index (χ4v) is 5.11. The molecule has 0 spiro atoms. The van der Waals surface area contributed by atoms with Crippen molar-refractivity contribution in [1.82, 2.24) is 35.1 Å². The zero-order chi connectivity index (χ0) is 35.3. The quantitative estimate of drug-likeness (QED) is 0.0586. The van der Waals surface area contributed by atoms with Crippen LogP contribution in [0.4, 0.5) is 4.79 Å². The lowest BCUT2D eigenvalue weighted by atomic mass is 9.98. The minimum atomic E-state index is -1.22. The molecule has 0 saturated heterocycles. The molecular weight excluding hydrogens is 662 g/mol. The van der Waals surface area contributed by atoms with Crippen LogP contribution >= 0.6 is 11.6 Å². The fourth-order valence-electron chi connectivity index (χ4n) is 4.83. The van der Waals surface area contributed by atoms with Crippen LogP contribution in [0.5, 0.6) is 0 Å². The summed E-state index contributed by atoms with van der Waals surface area (Å²) in [6.45, 7) is 5.48. The van der Waals surface area contributed by atoms with Gasteiger partial charge in [-0.25, -0.2) is 14.6 Å². The molecule has 0 aliphatic heterocycles. The van der Waals surface area contributed by atoms with E-state index in [0.29, 0.717) is 30.7 Å². The van der Waals surface area contributed by atoms with Crippen LogP contribution in [0.25, 0.3) is 22.5 Å². The van der Waals surface area contributed by atoms with Crippen molar-refractivity contribution in [2.75, 3.05) is 13.2 Å². The topological polar surface area (TPSA) is 193 Å². The predicted octanol–water partition coefficient (Wildman–Crippen LogP) is 5.75. The van der Waals surface area contributed by atoms with Crippen LogP contribution in [0.3, 0.4) is 0 Å². The van der Waals surface area contributed by atoms with Gasteiger partial charge in [0, 0.05) is 31.9 Å². The zero-order valence-corrected chi connectivity index (χ0v) is 28.1. The molecule has 0 aliphatic rings. The number of ether oxygens (including phenoxy) is 3. The van der Waals surface area contributed by atoms with Crippen molar-refractivity contribution in [3.05, 3.63) is 70.8 Å². The van der Waals surface area contributed by atoms with Gasteiger partial charge in [0.2, 0.25) is 12.1 Å². The number of aryl methyl sites for hydroxylation is 1. The van der Waals surface area contributed by atoms with Crippen LogP contribution in [0.15, 0.2) is 48.5 Å². The number of hydrogen-bond acceptors (Lipinski definition) is 14. The molecule has 0 radical (unpaired) electrons. The van der Waals surface area contributed by atoms with E-state index in [-0.39, 0.29) is 54.1 Å². The molecule has 49 heavy (non-hydrogen) atoms. The van der Waals surface area contributed by atoms with Crippen LogP contribution in [-0.4, -0.2) is 83.1 Å². The summed E-state index contributed by atoms with van der Waals surface area (Å²) >= 11 is 6.45. The second-order valence-corrected chi connectivity index (χ2v) is 11.1. The molecule has 2 aromatic heterocycles. The number of benzene rings is 2. The second kappa shape index (κ2) is 18.1. The first-order valence-corrected chi connectivity index (χ1v) is 16.1. The lowest BCUT2D eigenvalue weighted by Gasteiger charge is -2.16. The summed E-state index contributed by atoms with van der Waals surface area (Å²) in [5.74, 6) is -0.278.